The van der Waals surface area contributed by atoms with Gasteiger partial charge in [0, 0.05) is 24.2 Å². The summed E-state index contributed by atoms with van der Waals surface area (Å²) in [4.78, 5) is 28.8. The summed E-state index contributed by atoms with van der Waals surface area (Å²) in [6.07, 6.45) is 1.39. The molecule has 3 N–H and O–H groups in total. The number of nitrogens with zero attached hydrogens (tertiary/aromatic N) is 1. The lowest BCUT2D eigenvalue weighted by atomic mass is 10.2. The number of hydrogen-bond acceptors (Lipinski definition) is 6. The summed E-state index contributed by atoms with van der Waals surface area (Å²) in [5.41, 5.74) is 0.662. The largest absolute Gasteiger partial charge is 0.457 e. The first kappa shape index (κ1) is 24.0. The highest BCUT2D eigenvalue weighted by atomic mass is 32.2. The summed E-state index contributed by atoms with van der Waals surface area (Å²) >= 11 is 0. The Hall–Kier alpha value is -4.18. The van der Waals surface area contributed by atoms with E-state index in [4.69, 9.17) is 4.74 Å². The van der Waals surface area contributed by atoms with Gasteiger partial charge in [-0.15, -0.1) is 0 Å². The minimum Gasteiger partial charge on any atom is -0.457 e. The van der Waals surface area contributed by atoms with Gasteiger partial charge in [-0.2, -0.15) is 0 Å². The fourth-order valence-electron chi connectivity index (χ4n) is 3.34. The quantitative estimate of drug-likeness (QED) is 0.445. The van der Waals surface area contributed by atoms with Crippen LogP contribution in [0.4, 0.5) is 5.69 Å². The van der Waals surface area contributed by atoms with E-state index in [2.05, 4.69) is 20.3 Å². The van der Waals surface area contributed by atoms with Gasteiger partial charge in [-0.05, 0) is 61.0 Å². The van der Waals surface area contributed by atoms with Gasteiger partial charge in [0.2, 0.25) is 5.91 Å². The van der Waals surface area contributed by atoms with Crippen molar-refractivity contribution in [1.82, 2.24) is 10.0 Å². The smallest absolute Gasteiger partial charge is 0.262 e. The molecule has 180 valence electrons. The zero-order valence-electron chi connectivity index (χ0n) is 18.7. The molecule has 9 nitrogen and oxygen atoms in total. The van der Waals surface area contributed by atoms with Crippen molar-refractivity contribution in [3.63, 3.8) is 0 Å². The van der Waals surface area contributed by atoms with Gasteiger partial charge in [0.05, 0.1) is 11.4 Å². The minimum absolute atomic E-state index is 0.00625. The van der Waals surface area contributed by atoms with Gasteiger partial charge >= 0.3 is 0 Å². The van der Waals surface area contributed by atoms with Crippen molar-refractivity contribution in [1.29, 1.82) is 0 Å². The van der Waals surface area contributed by atoms with Gasteiger partial charge in [0.1, 0.15) is 17.3 Å². The summed E-state index contributed by atoms with van der Waals surface area (Å²) in [7, 11) is -3.80. The Labute approximate surface area is 203 Å². The lowest BCUT2D eigenvalue weighted by molar-refractivity contribution is -0.115. The van der Waals surface area contributed by atoms with Gasteiger partial charge in [-0.25, -0.2) is 8.42 Å². The second-order valence-corrected chi connectivity index (χ2v) is 9.42. The maximum absolute atomic E-state index is 12.6. The topological polar surface area (TPSA) is 126 Å². The molecule has 2 amide bonds. The first-order chi connectivity index (χ1) is 16.9. The molecular formula is C25H24N4O5S. The molecule has 10 heteroatoms. The standard InChI is InChI=1S/C25H24N4O5S/c30-24(28-19-6-4-9-22(16-19)35(32,33)29-23-10-5-15-26-23)17-27-25(31)18-11-13-21(14-12-18)34-20-7-2-1-3-8-20/h1-4,6-9,11-14,16H,5,10,15,17H2,(H,26,29)(H,27,31)(H,28,30). The summed E-state index contributed by atoms with van der Waals surface area (Å²) in [5.74, 6) is 0.771. The average molecular weight is 493 g/mol. The highest BCUT2D eigenvalue weighted by Crippen LogP contribution is 2.21. The van der Waals surface area contributed by atoms with E-state index < -0.39 is 21.8 Å². The number of carbonyl (C=O) groups excluding carboxylic acids is 2. The van der Waals surface area contributed by atoms with Crippen LogP contribution < -0.4 is 20.1 Å². The summed E-state index contributed by atoms with van der Waals surface area (Å²) in [6.45, 7) is 0.318. The molecule has 0 unspecified atom stereocenters. The molecule has 0 atom stereocenters. The lowest BCUT2D eigenvalue weighted by Gasteiger charge is -2.11. The average Bonchev–Trinajstić information content (AvgIpc) is 3.36. The number of benzene rings is 3. The number of amides is 2. The van der Waals surface area contributed by atoms with Crippen molar-refractivity contribution < 1.29 is 22.7 Å². The Kier molecular flexibility index (Phi) is 7.41. The summed E-state index contributed by atoms with van der Waals surface area (Å²) in [6, 6.07) is 21.7. The second kappa shape index (κ2) is 10.8. The first-order valence-corrected chi connectivity index (χ1v) is 12.4. The molecule has 0 saturated heterocycles. The Bertz CT molecular complexity index is 1340. The molecule has 4 rings (SSSR count). The van der Waals surface area contributed by atoms with Crippen LogP contribution in [0.3, 0.4) is 0 Å². The molecule has 3 aromatic rings. The van der Waals surface area contributed by atoms with Crippen LogP contribution in [0.5, 0.6) is 11.5 Å². The Morgan fingerprint density at radius 2 is 1.66 bits per heavy atom. The van der Waals surface area contributed by atoms with Gasteiger partial charge in [-0.1, -0.05) is 24.3 Å². The number of amidine groups is 1. The number of hydrogen-bond donors (Lipinski definition) is 3. The molecule has 0 radical (unpaired) electrons. The van der Waals surface area contributed by atoms with Crippen LogP contribution in [0.15, 0.2) is 88.8 Å². The highest BCUT2D eigenvalue weighted by molar-refractivity contribution is 7.90. The molecule has 35 heavy (non-hydrogen) atoms. The molecule has 0 saturated carbocycles. The molecule has 0 bridgehead atoms. The van der Waals surface area contributed by atoms with Crippen LogP contribution >= 0.6 is 0 Å². The second-order valence-electron chi connectivity index (χ2n) is 7.74. The molecule has 3 aromatic carbocycles. The van der Waals surface area contributed by atoms with Crippen molar-refractivity contribution in [3.8, 4) is 11.5 Å². The molecular weight excluding hydrogens is 468 g/mol. The van der Waals surface area contributed by atoms with E-state index in [9.17, 15) is 18.0 Å². The monoisotopic (exact) mass is 492 g/mol. The van der Waals surface area contributed by atoms with E-state index in [0.29, 0.717) is 41.6 Å². The fourth-order valence-corrected chi connectivity index (χ4v) is 4.48. The van der Waals surface area contributed by atoms with E-state index >= 15 is 0 Å². The summed E-state index contributed by atoms with van der Waals surface area (Å²) < 4.78 is 33.3. The molecule has 0 spiro atoms. The van der Waals surface area contributed by atoms with Gasteiger partial charge in [-0.3, -0.25) is 19.3 Å². The zero-order chi connectivity index (χ0) is 24.7. The van der Waals surface area contributed by atoms with Crippen LogP contribution in [0.25, 0.3) is 0 Å². The van der Waals surface area contributed by atoms with Crippen molar-refractivity contribution in [2.75, 3.05) is 18.4 Å². The van der Waals surface area contributed by atoms with Gasteiger partial charge in [0.15, 0.2) is 0 Å². The fraction of sp³-hybridized carbons (Fsp3) is 0.160. The van der Waals surface area contributed by atoms with E-state index in [-0.39, 0.29) is 11.4 Å². The Morgan fingerprint density at radius 3 is 2.37 bits per heavy atom. The number of ether oxygens (including phenoxy) is 1. The molecule has 0 fully saturated rings. The first-order valence-electron chi connectivity index (χ1n) is 11.0. The third kappa shape index (κ3) is 6.67. The normalized spacial score (nSPS) is 13.0. The van der Waals surface area contributed by atoms with E-state index in [1.54, 1.807) is 30.3 Å². The van der Waals surface area contributed by atoms with Crippen molar-refractivity contribution in [2.24, 2.45) is 4.99 Å². The van der Waals surface area contributed by atoms with E-state index in [1.165, 1.54) is 18.2 Å². The SMILES string of the molecule is O=C(CNC(=O)c1ccc(Oc2ccccc2)cc1)Nc1cccc(S(=O)(=O)NC2=NCCC2)c1. The molecule has 1 heterocycles. The van der Waals surface area contributed by atoms with Crippen molar-refractivity contribution in [3.05, 3.63) is 84.4 Å². The number of sulfonamides is 1. The predicted molar refractivity (Wildman–Crippen MR) is 132 cm³/mol. The third-order valence-corrected chi connectivity index (χ3v) is 6.44. The number of anilines is 1. The third-order valence-electron chi connectivity index (χ3n) is 5.06. The van der Waals surface area contributed by atoms with Crippen LogP contribution in [-0.2, 0) is 14.8 Å². The maximum Gasteiger partial charge on any atom is 0.262 e. The van der Waals surface area contributed by atoms with Crippen LogP contribution in [0.1, 0.15) is 23.2 Å². The molecule has 1 aliphatic heterocycles. The predicted octanol–water partition coefficient (Wildman–Crippen LogP) is 3.32. The highest BCUT2D eigenvalue weighted by Gasteiger charge is 2.19. The van der Waals surface area contributed by atoms with Gasteiger partial charge < -0.3 is 15.4 Å². The zero-order valence-corrected chi connectivity index (χ0v) is 19.5. The number of carbonyl (C=O) groups is 2. The Balaban J connectivity index is 1.29. The molecule has 0 aromatic heterocycles. The van der Waals surface area contributed by atoms with E-state index in [1.807, 2.05) is 30.3 Å². The van der Waals surface area contributed by atoms with Crippen molar-refractivity contribution in [2.45, 2.75) is 17.7 Å². The molecule has 0 aliphatic carbocycles. The maximum atomic E-state index is 12.6. The van der Waals surface area contributed by atoms with Crippen molar-refractivity contribution >= 4 is 33.4 Å². The number of aliphatic imine (C=N–C) groups is 1. The lowest BCUT2D eigenvalue weighted by Crippen LogP contribution is -2.33. The van der Waals surface area contributed by atoms with Gasteiger partial charge in [0.25, 0.3) is 15.9 Å². The van der Waals surface area contributed by atoms with Crippen LogP contribution in [-0.4, -0.2) is 39.2 Å². The number of rotatable bonds is 8. The van der Waals surface area contributed by atoms with E-state index in [0.717, 1.165) is 6.42 Å². The number of para-hydroxylation sites is 1. The van der Waals surface area contributed by atoms with Crippen LogP contribution in [0.2, 0.25) is 0 Å². The molecule has 1 aliphatic rings. The number of nitrogens with one attached hydrogen (secondary N) is 3. The summed E-state index contributed by atoms with van der Waals surface area (Å²) in [5, 5.41) is 5.14. The minimum atomic E-state index is -3.80. The Morgan fingerprint density at radius 1 is 0.914 bits per heavy atom. The van der Waals surface area contributed by atoms with Crippen LogP contribution in [0, 0.1) is 0 Å².